The van der Waals surface area contributed by atoms with E-state index in [2.05, 4.69) is 9.97 Å². The van der Waals surface area contributed by atoms with Crippen LogP contribution in [-0.4, -0.2) is 33.1 Å². The minimum Gasteiger partial charge on any atom is -0.478 e. The van der Waals surface area contributed by atoms with Crippen LogP contribution in [0.1, 0.15) is 21.6 Å². The number of carbonyl (C=O) groups excluding carboxylic acids is 1. The number of anilines is 1. The molecule has 0 aliphatic carbocycles. The first kappa shape index (κ1) is 17.4. The highest BCUT2D eigenvalue weighted by atomic mass is 19.4. The van der Waals surface area contributed by atoms with Crippen LogP contribution in [-0.2, 0) is 11.3 Å². The van der Waals surface area contributed by atoms with E-state index in [0.717, 1.165) is 0 Å². The maximum Gasteiger partial charge on any atom is 0.471 e. The van der Waals surface area contributed by atoms with Crippen molar-refractivity contribution >= 4 is 17.8 Å². The molecule has 1 aromatic carbocycles. The Balaban J connectivity index is 2.42. The van der Waals surface area contributed by atoms with E-state index in [1.165, 1.54) is 36.5 Å². The topological polar surface area (TPSA) is 83.4 Å². The lowest BCUT2D eigenvalue weighted by molar-refractivity contribution is -0.170. The van der Waals surface area contributed by atoms with E-state index >= 15 is 0 Å². The summed E-state index contributed by atoms with van der Waals surface area (Å²) in [6.07, 6.45) is -3.88. The van der Waals surface area contributed by atoms with Crippen molar-refractivity contribution in [3.05, 3.63) is 53.3 Å². The molecule has 1 aromatic heterocycles. The van der Waals surface area contributed by atoms with Crippen LogP contribution in [0.25, 0.3) is 0 Å². The molecule has 2 rings (SSSR count). The predicted molar refractivity (Wildman–Crippen MR) is 77.4 cm³/mol. The van der Waals surface area contributed by atoms with E-state index in [-0.39, 0.29) is 11.1 Å². The van der Waals surface area contributed by atoms with Gasteiger partial charge < -0.3 is 5.11 Å². The van der Waals surface area contributed by atoms with Gasteiger partial charge in [-0.15, -0.1) is 0 Å². The maximum absolute atomic E-state index is 12.9. The van der Waals surface area contributed by atoms with Crippen LogP contribution in [0.15, 0.2) is 36.5 Å². The van der Waals surface area contributed by atoms with Crippen molar-refractivity contribution in [1.82, 2.24) is 9.97 Å². The summed E-state index contributed by atoms with van der Waals surface area (Å²) < 4.78 is 38.6. The lowest BCUT2D eigenvalue weighted by Crippen LogP contribution is -2.41. The van der Waals surface area contributed by atoms with Gasteiger partial charge in [0.15, 0.2) is 0 Å². The molecule has 0 atom stereocenters. The van der Waals surface area contributed by atoms with Crippen molar-refractivity contribution in [2.24, 2.45) is 0 Å². The molecule has 0 saturated carbocycles. The molecule has 0 fully saturated rings. The highest BCUT2D eigenvalue weighted by Gasteiger charge is 2.44. The Hall–Kier alpha value is -2.97. The van der Waals surface area contributed by atoms with Gasteiger partial charge in [0.2, 0.25) is 5.95 Å². The average molecular weight is 339 g/mol. The van der Waals surface area contributed by atoms with Crippen LogP contribution in [0.4, 0.5) is 19.1 Å². The number of aryl methyl sites for hydroxylation is 1. The summed E-state index contributed by atoms with van der Waals surface area (Å²) >= 11 is 0. The van der Waals surface area contributed by atoms with Crippen molar-refractivity contribution in [3.63, 3.8) is 0 Å². The summed E-state index contributed by atoms with van der Waals surface area (Å²) in [5.74, 6) is -3.76. The quantitative estimate of drug-likeness (QED) is 0.926. The Morgan fingerprint density at radius 1 is 1.25 bits per heavy atom. The Bertz CT molecular complexity index is 778. The summed E-state index contributed by atoms with van der Waals surface area (Å²) in [6.45, 7) is 1.04. The zero-order chi connectivity index (χ0) is 17.9. The van der Waals surface area contributed by atoms with Gasteiger partial charge in [0.05, 0.1) is 12.1 Å². The van der Waals surface area contributed by atoms with Crippen molar-refractivity contribution < 1.29 is 27.9 Å². The van der Waals surface area contributed by atoms with E-state index in [1.54, 1.807) is 6.92 Å². The average Bonchev–Trinajstić information content (AvgIpc) is 2.51. The first-order chi connectivity index (χ1) is 11.2. The monoisotopic (exact) mass is 339 g/mol. The number of amides is 1. The van der Waals surface area contributed by atoms with E-state index < -0.39 is 30.5 Å². The fourth-order valence-electron chi connectivity index (χ4n) is 1.94. The second-order valence-electron chi connectivity index (χ2n) is 4.89. The molecular formula is C15H12F3N3O3. The number of hydrogen-bond acceptors (Lipinski definition) is 4. The van der Waals surface area contributed by atoms with Crippen molar-refractivity contribution in [1.29, 1.82) is 0 Å². The molecule has 9 heteroatoms. The fraction of sp³-hybridized carbons (Fsp3) is 0.200. The summed E-state index contributed by atoms with van der Waals surface area (Å²) in [5, 5.41) is 8.95. The Morgan fingerprint density at radius 2 is 1.96 bits per heavy atom. The van der Waals surface area contributed by atoms with Crippen LogP contribution in [0.5, 0.6) is 0 Å². The van der Waals surface area contributed by atoms with Gasteiger partial charge in [-0.3, -0.25) is 9.69 Å². The normalized spacial score (nSPS) is 11.2. The maximum atomic E-state index is 12.9. The van der Waals surface area contributed by atoms with Crippen molar-refractivity contribution in [3.8, 4) is 0 Å². The Morgan fingerprint density at radius 3 is 2.54 bits per heavy atom. The highest BCUT2D eigenvalue weighted by molar-refractivity contribution is 5.95. The fourth-order valence-corrected chi connectivity index (χ4v) is 1.94. The summed E-state index contributed by atoms with van der Waals surface area (Å²) in [7, 11) is 0. The standard InChI is InChI=1S/C15H12F3N3O3/c1-9-5-6-19-14(20-9)21(13(24)15(16,17)18)8-10-3-2-4-11(7-10)12(22)23/h2-7H,8H2,1H3,(H,22,23). The molecule has 2 aromatic rings. The van der Waals surface area contributed by atoms with E-state index in [9.17, 15) is 22.8 Å². The van der Waals surface area contributed by atoms with E-state index in [1.807, 2.05) is 0 Å². The number of nitrogens with zero attached hydrogens (tertiary/aromatic N) is 3. The molecule has 1 N–H and O–H groups in total. The van der Waals surface area contributed by atoms with Gasteiger partial charge in [-0.2, -0.15) is 13.2 Å². The second-order valence-corrected chi connectivity index (χ2v) is 4.89. The number of carboxylic acid groups (broad SMARTS) is 1. The van der Waals surface area contributed by atoms with E-state index in [4.69, 9.17) is 5.11 Å². The molecule has 0 bridgehead atoms. The molecule has 0 aliphatic heterocycles. The van der Waals surface area contributed by atoms with Crippen LogP contribution in [0.2, 0.25) is 0 Å². The number of alkyl halides is 3. The summed E-state index contributed by atoms with van der Waals surface area (Å²) in [6, 6.07) is 6.76. The first-order valence-corrected chi connectivity index (χ1v) is 6.69. The molecule has 24 heavy (non-hydrogen) atoms. The van der Waals surface area contributed by atoms with Gasteiger partial charge in [0.25, 0.3) is 0 Å². The highest BCUT2D eigenvalue weighted by Crippen LogP contribution is 2.23. The van der Waals surface area contributed by atoms with Crippen molar-refractivity contribution in [2.45, 2.75) is 19.6 Å². The first-order valence-electron chi connectivity index (χ1n) is 6.69. The molecule has 126 valence electrons. The van der Waals surface area contributed by atoms with Crippen LogP contribution in [0, 0.1) is 6.92 Å². The molecule has 0 aliphatic rings. The zero-order valence-corrected chi connectivity index (χ0v) is 12.4. The van der Waals surface area contributed by atoms with Crippen molar-refractivity contribution in [2.75, 3.05) is 4.90 Å². The van der Waals surface area contributed by atoms with Crippen LogP contribution >= 0.6 is 0 Å². The van der Waals surface area contributed by atoms with Gasteiger partial charge in [-0.25, -0.2) is 14.8 Å². The minimum absolute atomic E-state index is 0.0999. The lowest BCUT2D eigenvalue weighted by atomic mass is 10.1. The number of halogens is 3. The van der Waals surface area contributed by atoms with Gasteiger partial charge in [0.1, 0.15) is 0 Å². The number of benzene rings is 1. The number of carboxylic acids is 1. The predicted octanol–water partition coefficient (Wildman–Crippen LogP) is 2.58. The van der Waals surface area contributed by atoms with Crippen LogP contribution in [0.3, 0.4) is 0 Å². The van der Waals surface area contributed by atoms with Gasteiger partial charge >= 0.3 is 18.1 Å². The molecule has 1 amide bonds. The molecule has 1 heterocycles. The lowest BCUT2D eigenvalue weighted by Gasteiger charge is -2.22. The number of aromatic nitrogens is 2. The van der Waals surface area contributed by atoms with E-state index in [0.29, 0.717) is 10.6 Å². The third kappa shape index (κ3) is 4.06. The number of carbonyl (C=O) groups is 2. The van der Waals surface area contributed by atoms with Crippen LogP contribution < -0.4 is 4.90 Å². The van der Waals surface area contributed by atoms with Gasteiger partial charge in [-0.1, -0.05) is 12.1 Å². The third-order valence-corrected chi connectivity index (χ3v) is 3.03. The second kappa shape index (κ2) is 6.65. The van der Waals surface area contributed by atoms with Gasteiger partial charge in [0, 0.05) is 11.9 Å². The smallest absolute Gasteiger partial charge is 0.471 e. The largest absolute Gasteiger partial charge is 0.478 e. The Labute approximate surface area is 134 Å². The third-order valence-electron chi connectivity index (χ3n) is 3.03. The number of hydrogen-bond donors (Lipinski definition) is 1. The molecule has 0 saturated heterocycles. The summed E-state index contributed by atoms with van der Waals surface area (Å²) in [4.78, 5) is 30.6. The molecule has 0 unspecified atom stereocenters. The molecular weight excluding hydrogens is 327 g/mol. The Kier molecular flexibility index (Phi) is 4.82. The number of rotatable bonds is 4. The summed E-state index contributed by atoms with van der Waals surface area (Å²) in [5.41, 5.74) is 0.494. The van der Waals surface area contributed by atoms with Gasteiger partial charge in [-0.05, 0) is 30.7 Å². The molecule has 6 nitrogen and oxygen atoms in total. The number of aromatic carboxylic acids is 1. The molecule has 0 spiro atoms. The molecule has 0 radical (unpaired) electrons. The SMILES string of the molecule is Cc1ccnc(N(Cc2cccc(C(=O)O)c2)C(=O)C(F)(F)F)n1. The minimum atomic E-state index is -5.11. The zero-order valence-electron chi connectivity index (χ0n) is 12.4.